The molecule has 0 saturated carbocycles. The maximum atomic E-state index is 6.16. The summed E-state index contributed by atoms with van der Waals surface area (Å²) in [6.07, 6.45) is 0. The highest BCUT2D eigenvalue weighted by Gasteiger charge is 2.24. The summed E-state index contributed by atoms with van der Waals surface area (Å²) in [5, 5.41) is 3.40. The first-order chi connectivity index (χ1) is 11.2. The molecule has 0 radical (unpaired) electrons. The fraction of sp³-hybridized carbons (Fsp3) is 0.278. The lowest BCUT2D eigenvalue weighted by atomic mass is 10.1. The molecule has 0 unspecified atom stereocenters. The fourth-order valence-electron chi connectivity index (χ4n) is 2.98. The van der Waals surface area contributed by atoms with E-state index in [-0.39, 0.29) is 0 Å². The van der Waals surface area contributed by atoms with Crippen molar-refractivity contribution in [3.8, 4) is 11.5 Å². The number of nitrogens with zero attached hydrogens (tertiary/aromatic N) is 2. The Morgan fingerprint density at radius 2 is 1.87 bits per heavy atom. The summed E-state index contributed by atoms with van der Waals surface area (Å²) in [4.78, 5) is 7.31. The average Bonchev–Trinajstić information content (AvgIpc) is 2.72. The van der Waals surface area contributed by atoms with E-state index in [0.717, 1.165) is 59.2 Å². The number of aryl methyl sites for hydroxylation is 1. The number of piperazine rings is 1. The second kappa shape index (κ2) is 5.98. The van der Waals surface area contributed by atoms with E-state index in [4.69, 9.17) is 9.73 Å². The van der Waals surface area contributed by atoms with E-state index in [9.17, 15) is 0 Å². The number of amidine groups is 1. The molecular weight excluding hydrogens is 354 g/mol. The molecule has 1 N–H and O–H groups in total. The molecule has 23 heavy (non-hydrogen) atoms. The number of aliphatic imine (C=N–C) groups is 1. The third kappa shape index (κ3) is 2.86. The van der Waals surface area contributed by atoms with Gasteiger partial charge >= 0.3 is 0 Å². The van der Waals surface area contributed by atoms with Crippen LogP contribution in [-0.2, 0) is 0 Å². The highest BCUT2D eigenvalue weighted by molar-refractivity contribution is 9.10. The summed E-state index contributed by atoms with van der Waals surface area (Å²) < 4.78 is 7.19. The van der Waals surface area contributed by atoms with Crippen LogP contribution >= 0.6 is 15.9 Å². The Hall–Kier alpha value is -1.85. The topological polar surface area (TPSA) is 36.9 Å². The Morgan fingerprint density at radius 3 is 2.70 bits per heavy atom. The number of fused-ring (bicyclic) bond motifs is 2. The summed E-state index contributed by atoms with van der Waals surface area (Å²) in [6, 6.07) is 12.2. The van der Waals surface area contributed by atoms with Crippen LogP contribution in [0.4, 0.5) is 5.69 Å². The minimum absolute atomic E-state index is 0.810. The Morgan fingerprint density at radius 1 is 1.09 bits per heavy atom. The number of benzene rings is 2. The fourth-order valence-corrected chi connectivity index (χ4v) is 3.34. The maximum absolute atomic E-state index is 6.16. The second-order valence-electron chi connectivity index (χ2n) is 5.89. The predicted molar refractivity (Wildman–Crippen MR) is 96.0 cm³/mol. The molecule has 1 saturated heterocycles. The minimum atomic E-state index is 0.810. The van der Waals surface area contributed by atoms with Crippen LogP contribution < -0.4 is 10.1 Å². The van der Waals surface area contributed by atoms with E-state index in [0.29, 0.717) is 0 Å². The molecule has 0 atom stereocenters. The van der Waals surface area contributed by atoms with Crippen LogP contribution in [0.1, 0.15) is 11.1 Å². The molecular formula is C18H18BrN3O. The van der Waals surface area contributed by atoms with Gasteiger partial charge in [-0.2, -0.15) is 0 Å². The van der Waals surface area contributed by atoms with Gasteiger partial charge in [0.25, 0.3) is 0 Å². The van der Waals surface area contributed by atoms with E-state index in [1.54, 1.807) is 0 Å². The van der Waals surface area contributed by atoms with Crippen molar-refractivity contribution in [2.24, 2.45) is 4.99 Å². The first kappa shape index (κ1) is 14.7. The molecule has 0 amide bonds. The highest BCUT2D eigenvalue weighted by atomic mass is 79.9. The van der Waals surface area contributed by atoms with Crippen molar-refractivity contribution in [2.75, 3.05) is 26.2 Å². The van der Waals surface area contributed by atoms with Gasteiger partial charge in [-0.05, 0) is 42.8 Å². The summed E-state index contributed by atoms with van der Waals surface area (Å²) in [7, 11) is 0. The SMILES string of the molecule is Cc1ccc2c(c1)N=C(N1CCNCC1)c1cc(Br)ccc1O2. The van der Waals surface area contributed by atoms with Crippen LogP contribution in [-0.4, -0.2) is 36.9 Å². The smallest absolute Gasteiger partial charge is 0.153 e. The minimum Gasteiger partial charge on any atom is -0.454 e. The van der Waals surface area contributed by atoms with Crippen LogP contribution in [0.2, 0.25) is 0 Å². The van der Waals surface area contributed by atoms with Gasteiger partial charge in [0, 0.05) is 30.7 Å². The molecule has 0 bridgehead atoms. The summed E-state index contributed by atoms with van der Waals surface area (Å²) in [5.74, 6) is 2.66. The van der Waals surface area contributed by atoms with Gasteiger partial charge in [-0.1, -0.05) is 22.0 Å². The molecule has 0 aliphatic carbocycles. The van der Waals surface area contributed by atoms with Gasteiger partial charge < -0.3 is 15.0 Å². The highest BCUT2D eigenvalue weighted by Crippen LogP contribution is 2.39. The van der Waals surface area contributed by atoms with Crippen LogP contribution in [0, 0.1) is 6.92 Å². The lowest BCUT2D eigenvalue weighted by molar-refractivity contribution is 0.357. The number of ether oxygens (including phenoxy) is 1. The van der Waals surface area contributed by atoms with E-state index >= 15 is 0 Å². The zero-order valence-electron chi connectivity index (χ0n) is 13.0. The lowest BCUT2D eigenvalue weighted by Crippen LogP contribution is -2.46. The van der Waals surface area contributed by atoms with Crippen LogP contribution in [0.15, 0.2) is 45.9 Å². The Balaban J connectivity index is 1.89. The number of hydrogen-bond donors (Lipinski definition) is 1. The quantitative estimate of drug-likeness (QED) is 0.763. The van der Waals surface area contributed by atoms with Crippen molar-refractivity contribution >= 4 is 27.5 Å². The average molecular weight is 372 g/mol. The van der Waals surface area contributed by atoms with Gasteiger partial charge in [-0.25, -0.2) is 4.99 Å². The number of nitrogens with one attached hydrogen (secondary N) is 1. The van der Waals surface area contributed by atoms with Crippen molar-refractivity contribution in [3.05, 3.63) is 52.0 Å². The monoisotopic (exact) mass is 371 g/mol. The van der Waals surface area contributed by atoms with Crippen molar-refractivity contribution in [3.63, 3.8) is 0 Å². The van der Waals surface area contributed by atoms with Crippen molar-refractivity contribution in [2.45, 2.75) is 6.92 Å². The third-order valence-corrected chi connectivity index (χ3v) is 4.65. The molecule has 2 aliphatic heterocycles. The first-order valence-corrected chi connectivity index (χ1v) is 8.63. The van der Waals surface area contributed by atoms with Gasteiger partial charge in [-0.3, -0.25) is 0 Å². The number of halogens is 1. The van der Waals surface area contributed by atoms with Gasteiger partial charge in [-0.15, -0.1) is 0 Å². The number of hydrogen-bond acceptors (Lipinski definition) is 4. The van der Waals surface area contributed by atoms with E-state index in [1.807, 2.05) is 18.2 Å². The molecule has 4 rings (SSSR count). The van der Waals surface area contributed by atoms with Crippen LogP contribution in [0.5, 0.6) is 11.5 Å². The normalized spacial score (nSPS) is 16.8. The molecule has 1 fully saturated rings. The zero-order valence-corrected chi connectivity index (χ0v) is 14.6. The van der Waals surface area contributed by atoms with Gasteiger partial charge in [0.2, 0.25) is 0 Å². The maximum Gasteiger partial charge on any atom is 0.153 e. The Kier molecular flexibility index (Phi) is 3.83. The zero-order chi connectivity index (χ0) is 15.8. The van der Waals surface area contributed by atoms with Crippen molar-refractivity contribution in [1.82, 2.24) is 10.2 Å². The molecule has 2 aliphatic rings. The van der Waals surface area contributed by atoms with E-state index < -0.39 is 0 Å². The molecule has 118 valence electrons. The molecule has 2 heterocycles. The standard InChI is InChI=1S/C18H18BrN3O/c1-12-2-4-17-15(10-12)21-18(22-8-6-20-7-9-22)14-11-13(19)3-5-16(14)23-17/h2-5,10-11,20H,6-9H2,1H3. The van der Waals surface area contributed by atoms with Crippen molar-refractivity contribution in [1.29, 1.82) is 0 Å². The molecule has 5 heteroatoms. The van der Waals surface area contributed by atoms with E-state index in [2.05, 4.69) is 51.3 Å². The summed E-state index contributed by atoms with van der Waals surface area (Å²) >= 11 is 3.57. The Bertz CT molecular complexity index is 782. The molecule has 4 nitrogen and oxygen atoms in total. The molecule has 0 aromatic heterocycles. The van der Waals surface area contributed by atoms with Gasteiger partial charge in [0.1, 0.15) is 17.3 Å². The number of rotatable bonds is 0. The van der Waals surface area contributed by atoms with E-state index in [1.165, 1.54) is 5.56 Å². The van der Waals surface area contributed by atoms with Crippen LogP contribution in [0.25, 0.3) is 0 Å². The molecule has 2 aromatic carbocycles. The first-order valence-electron chi connectivity index (χ1n) is 7.83. The van der Waals surface area contributed by atoms with Gasteiger partial charge in [0.05, 0.1) is 5.56 Å². The summed E-state index contributed by atoms with van der Waals surface area (Å²) in [5.41, 5.74) is 3.11. The van der Waals surface area contributed by atoms with Crippen LogP contribution in [0.3, 0.4) is 0 Å². The molecule has 2 aromatic rings. The van der Waals surface area contributed by atoms with Crippen molar-refractivity contribution < 1.29 is 4.74 Å². The largest absolute Gasteiger partial charge is 0.454 e. The predicted octanol–water partition coefficient (Wildman–Crippen LogP) is 3.85. The Labute approximate surface area is 144 Å². The third-order valence-electron chi connectivity index (χ3n) is 4.16. The molecule has 0 spiro atoms. The van der Waals surface area contributed by atoms with Gasteiger partial charge in [0.15, 0.2) is 5.75 Å². The second-order valence-corrected chi connectivity index (χ2v) is 6.80. The lowest BCUT2D eigenvalue weighted by Gasteiger charge is -2.30. The summed E-state index contributed by atoms with van der Waals surface area (Å²) in [6.45, 7) is 5.93.